The molecule has 4 nitrogen and oxygen atoms in total. The molecule has 2 heterocycles. The van der Waals surface area contributed by atoms with Crippen molar-refractivity contribution in [2.24, 2.45) is 5.41 Å². The molecule has 1 fully saturated rings. The monoisotopic (exact) mass is 288 g/mol. The second-order valence-corrected chi connectivity index (χ2v) is 5.57. The molecule has 1 saturated carbocycles. The van der Waals surface area contributed by atoms with Crippen LogP contribution in [0.25, 0.3) is 11.1 Å². The van der Waals surface area contributed by atoms with E-state index in [0.717, 1.165) is 24.0 Å². The SMILES string of the molecule is [NH]CC1(COc2cnc(Cl)c(-c3ccncc3)c2)CC1. The Bertz CT molecular complexity index is 599. The summed E-state index contributed by atoms with van der Waals surface area (Å²) < 4.78 is 5.78. The van der Waals surface area contributed by atoms with Gasteiger partial charge in [0.1, 0.15) is 10.9 Å². The first-order chi connectivity index (χ1) is 9.72. The fourth-order valence-corrected chi connectivity index (χ4v) is 2.24. The summed E-state index contributed by atoms with van der Waals surface area (Å²) >= 11 is 6.14. The molecule has 20 heavy (non-hydrogen) atoms. The van der Waals surface area contributed by atoms with Crippen LogP contribution in [0.4, 0.5) is 0 Å². The molecule has 0 saturated heterocycles. The third kappa shape index (κ3) is 2.76. The van der Waals surface area contributed by atoms with Crippen molar-refractivity contribution in [3.63, 3.8) is 0 Å². The van der Waals surface area contributed by atoms with Crippen LogP contribution in [0.15, 0.2) is 36.8 Å². The lowest BCUT2D eigenvalue weighted by Crippen LogP contribution is -2.18. The molecule has 0 bridgehead atoms. The van der Waals surface area contributed by atoms with Crippen LogP contribution in [0.5, 0.6) is 5.75 Å². The van der Waals surface area contributed by atoms with Crippen molar-refractivity contribution in [1.29, 1.82) is 0 Å². The van der Waals surface area contributed by atoms with Crippen molar-refractivity contribution < 1.29 is 4.74 Å². The molecular formula is C15H15ClN3O. The van der Waals surface area contributed by atoms with Crippen molar-refractivity contribution in [2.75, 3.05) is 13.2 Å². The standard InChI is InChI=1S/C15H15ClN3O/c16-14-13(11-1-5-18-6-2-11)7-12(8-19-14)20-10-15(9-17)3-4-15/h1-2,5-8,17H,3-4,9-10H2. The summed E-state index contributed by atoms with van der Waals surface area (Å²) in [6.45, 7) is 1.00. The fourth-order valence-electron chi connectivity index (χ4n) is 2.03. The van der Waals surface area contributed by atoms with Gasteiger partial charge in [-0.1, -0.05) is 11.6 Å². The third-order valence-corrected chi connectivity index (χ3v) is 3.98. The van der Waals surface area contributed by atoms with Crippen LogP contribution in [0.2, 0.25) is 5.15 Å². The first-order valence-corrected chi connectivity index (χ1v) is 6.94. The molecule has 5 heteroatoms. The van der Waals surface area contributed by atoms with Gasteiger partial charge < -0.3 is 4.74 Å². The summed E-state index contributed by atoms with van der Waals surface area (Å²) in [5.74, 6) is 0.695. The summed E-state index contributed by atoms with van der Waals surface area (Å²) in [6, 6.07) is 5.67. The lowest BCUT2D eigenvalue weighted by atomic mass is 10.1. The summed E-state index contributed by atoms with van der Waals surface area (Å²) in [6.07, 6.45) is 7.23. The molecule has 0 amide bonds. The zero-order valence-electron chi connectivity index (χ0n) is 11.0. The Morgan fingerprint density at radius 1 is 1.30 bits per heavy atom. The van der Waals surface area contributed by atoms with Gasteiger partial charge in [-0.3, -0.25) is 10.7 Å². The van der Waals surface area contributed by atoms with Crippen LogP contribution in [-0.2, 0) is 0 Å². The average molecular weight is 289 g/mol. The molecule has 2 aromatic heterocycles. The maximum absolute atomic E-state index is 7.52. The van der Waals surface area contributed by atoms with Crippen LogP contribution >= 0.6 is 11.6 Å². The van der Waals surface area contributed by atoms with E-state index in [1.807, 2.05) is 18.2 Å². The minimum absolute atomic E-state index is 0.0659. The van der Waals surface area contributed by atoms with Gasteiger partial charge in [0.15, 0.2) is 0 Å². The zero-order valence-corrected chi connectivity index (χ0v) is 11.7. The number of nitrogens with one attached hydrogen (secondary N) is 1. The van der Waals surface area contributed by atoms with Gasteiger partial charge in [-0.15, -0.1) is 0 Å². The van der Waals surface area contributed by atoms with Gasteiger partial charge in [0, 0.05) is 29.9 Å². The minimum Gasteiger partial charge on any atom is -0.491 e. The Morgan fingerprint density at radius 2 is 2.05 bits per heavy atom. The van der Waals surface area contributed by atoms with E-state index < -0.39 is 0 Å². The van der Waals surface area contributed by atoms with E-state index in [2.05, 4.69) is 9.97 Å². The van der Waals surface area contributed by atoms with E-state index in [0.29, 0.717) is 24.1 Å². The smallest absolute Gasteiger partial charge is 0.138 e. The lowest BCUT2D eigenvalue weighted by molar-refractivity contribution is 0.237. The van der Waals surface area contributed by atoms with Crippen molar-refractivity contribution in [3.8, 4) is 16.9 Å². The average Bonchev–Trinajstić information content (AvgIpc) is 3.28. The number of rotatable bonds is 5. The predicted molar refractivity (Wildman–Crippen MR) is 77.6 cm³/mol. The predicted octanol–water partition coefficient (Wildman–Crippen LogP) is 3.24. The highest BCUT2D eigenvalue weighted by molar-refractivity contribution is 6.32. The molecule has 0 aromatic carbocycles. The maximum Gasteiger partial charge on any atom is 0.138 e. The first-order valence-electron chi connectivity index (χ1n) is 6.56. The number of halogens is 1. The first kappa shape index (κ1) is 13.3. The molecule has 3 rings (SSSR count). The molecule has 0 spiro atoms. The number of aromatic nitrogens is 2. The quantitative estimate of drug-likeness (QED) is 0.794. The van der Waals surface area contributed by atoms with Crippen LogP contribution < -0.4 is 10.5 Å². The minimum atomic E-state index is 0.0659. The van der Waals surface area contributed by atoms with Gasteiger partial charge in [-0.25, -0.2) is 4.98 Å². The Kier molecular flexibility index (Phi) is 3.59. The molecule has 2 aromatic rings. The highest BCUT2D eigenvalue weighted by Crippen LogP contribution is 2.45. The van der Waals surface area contributed by atoms with Crippen LogP contribution in [0.3, 0.4) is 0 Å². The molecule has 1 radical (unpaired) electrons. The Labute approximate surface area is 123 Å². The van der Waals surface area contributed by atoms with E-state index in [1.165, 1.54) is 0 Å². The van der Waals surface area contributed by atoms with Gasteiger partial charge in [0.05, 0.1) is 12.8 Å². The van der Waals surface area contributed by atoms with Gasteiger partial charge in [0.25, 0.3) is 0 Å². The topological polar surface area (TPSA) is 58.8 Å². The number of hydrogen-bond donors (Lipinski definition) is 0. The van der Waals surface area contributed by atoms with E-state index in [1.54, 1.807) is 18.6 Å². The molecule has 0 atom stereocenters. The Morgan fingerprint density at radius 3 is 2.70 bits per heavy atom. The van der Waals surface area contributed by atoms with Crippen molar-refractivity contribution in [3.05, 3.63) is 41.9 Å². The molecule has 1 aliphatic rings. The van der Waals surface area contributed by atoms with Crippen LogP contribution in [0.1, 0.15) is 12.8 Å². The second-order valence-electron chi connectivity index (χ2n) is 5.21. The van der Waals surface area contributed by atoms with Crippen LogP contribution in [-0.4, -0.2) is 23.1 Å². The number of ether oxygens (including phenoxy) is 1. The van der Waals surface area contributed by atoms with E-state index >= 15 is 0 Å². The Balaban J connectivity index is 1.80. The van der Waals surface area contributed by atoms with Crippen molar-refractivity contribution in [1.82, 2.24) is 15.7 Å². The van der Waals surface area contributed by atoms with Crippen molar-refractivity contribution in [2.45, 2.75) is 12.8 Å². The molecular weight excluding hydrogens is 274 g/mol. The molecule has 103 valence electrons. The summed E-state index contributed by atoms with van der Waals surface area (Å²) in [4.78, 5) is 8.17. The molecule has 0 unspecified atom stereocenters. The number of pyridine rings is 2. The van der Waals surface area contributed by atoms with Gasteiger partial charge >= 0.3 is 0 Å². The zero-order chi connectivity index (χ0) is 14.0. The molecule has 1 aliphatic carbocycles. The van der Waals surface area contributed by atoms with E-state index in [9.17, 15) is 0 Å². The highest BCUT2D eigenvalue weighted by atomic mass is 35.5. The normalized spacial score (nSPS) is 15.9. The highest BCUT2D eigenvalue weighted by Gasteiger charge is 2.42. The van der Waals surface area contributed by atoms with Gasteiger partial charge in [0.2, 0.25) is 0 Å². The molecule has 0 aliphatic heterocycles. The molecule has 1 N–H and O–H groups in total. The summed E-state index contributed by atoms with van der Waals surface area (Å²) in [5.41, 5.74) is 9.38. The summed E-state index contributed by atoms with van der Waals surface area (Å²) in [5, 5.41) is 0.449. The Hall–Kier alpha value is -1.65. The summed E-state index contributed by atoms with van der Waals surface area (Å²) in [7, 11) is 0. The van der Waals surface area contributed by atoms with Crippen LogP contribution in [0, 0.1) is 5.41 Å². The maximum atomic E-state index is 7.52. The van der Waals surface area contributed by atoms with Gasteiger partial charge in [-0.2, -0.15) is 0 Å². The van der Waals surface area contributed by atoms with E-state index in [4.69, 9.17) is 22.1 Å². The lowest BCUT2D eigenvalue weighted by Gasteiger charge is -2.14. The van der Waals surface area contributed by atoms with Crippen molar-refractivity contribution >= 4 is 11.6 Å². The number of hydrogen-bond acceptors (Lipinski definition) is 3. The largest absolute Gasteiger partial charge is 0.491 e. The second kappa shape index (κ2) is 5.38. The van der Waals surface area contributed by atoms with Gasteiger partial charge in [-0.05, 0) is 36.6 Å². The fraction of sp³-hybridized carbons (Fsp3) is 0.333. The number of nitrogens with zero attached hydrogens (tertiary/aromatic N) is 2. The third-order valence-electron chi connectivity index (χ3n) is 3.68. The van der Waals surface area contributed by atoms with E-state index in [-0.39, 0.29) is 5.41 Å².